The molecular weight excluding hydrogens is 466 g/mol. The zero-order valence-corrected chi connectivity index (χ0v) is 17.7. The first-order chi connectivity index (χ1) is 15.4. The van der Waals surface area contributed by atoms with Crippen molar-refractivity contribution in [3.63, 3.8) is 0 Å². The number of alkyl halides is 3. The van der Waals surface area contributed by atoms with E-state index >= 15 is 0 Å². The van der Waals surface area contributed by atoms with Gasteiger partial charge in [-0.1, -0.05) is 12.1 Å². The second-order valence-corrected chi connectivity index (χ2v) is 9.57. The highest BCUT2D eigenvalue weighted by molar-refractivity contribution is 7.89. The van der Waals surface area contributed by atoms with E-state index in [9.17, 15) is 26.0 Å². The lowest BCUT2D eigenvalue weighted by molar-refractivity contribution is -0.137. The van der Waals surface area contributed by atoms with E-state index in [0.29, 0.717) is 12.1 Å². The zero-order chi connectivity index (χ0) is 24.2. The van der Waals surface area contributed by atoms with E-state index in [0.717, 1.165) is 16.4 Å². The minimum atomic E-state index is -4.73. The molecule has 0 radical (unpaired) electrons. The monoisotopic (exact) mass is 481 g/mol. The molecule has 12 heteroatoms. The van der Waals surface area contributed by atoms with Crippen LogP contribution in [0.15, 0.2) is 41.3 Å². The van der Waals surface area contributed by atoms with Gasteiger partial charge >= 0.3 is 6.18 Å². The van der Waals surface area contributed by atoms with Crippen molar-refractivity contribution in [3.8, 4) is 11.8 Å². The summed E-state index contributed by atoms with van der Waals surface area (Å²) in [4.78, 5) is 2.42. The quantitative estimate of drug-likeness (QED) is 0.376. The molecule has 4 rings (SSSR count). The first kappa shape index (κ1) is 23.0. The maximum atomic E-state index is 13.9. The van der Waals surface area contributed by atoms with Crippen LogP contribution in [0.2, 0.25) is 0 Å². The van der Waals surface area contributed by atoms with Crippen LogP contribution in [0.1, 0.15) is 18.1 Å². The van der Waals surface area contributed by atoms with Gasteiger partial charge in [-0.3, -0.25) is 0 Å². The van der Waals surface area contributed by atoms with Gasteiger partial charge < -0.3 is 9.47 Å². The predicted octanol–water partition coefficient (Wildman–Crippen LogP) is 3.88. The van der Waals surface area contributed by atoms with E-state index in [-0.39, 0.29) is 30.5 Å². The largest absolute Gasteiger partial charge is 0.486 e. The van der Waals surface area contributed by atoms with Gasteiger partial charge in [-0.25, -0.2) is 17.7 Å². The molecule has 0 amide bonds. The van der Waals surface area contributed by atoms with Gasteiger partial charge in [0.1, 0.15) is 29.3 Å². The molecule has 0 N–H and O–H groups in total. The Hall–Kier alpha value is -3.19. The van der Waals surface area contributed by atoms with Crippen molar-refractivity contribution < 1.29 is 35.5 Å². The summed E-state index contributed by atoms with van der Waals surface area (Å²) in [6, 6.07) is 7.15. The molecule has 0 bridgehead atoms. The Bertz CT molecular complexity index is 1320. The number of hydrogen-bond donors (Lipinski definition) is 0. The number of halogens is 4. The Balaban J connectivity index is 1.64. The van der Waals surface area contributed by atoms with Gasteiger partial charge in [-0.05, 0) is 25.1 Å². The van der Waals surface area contributed by atoms with E-state index in [4.69, 9.17) is 21.3 Å². The Morgan fingerprint density at radius 1 is 1.30 bits per heavy atom. The van der Waals surface area contributed by atoms with Crippen molar-refractivity contribution in [2.75, 3.05) is 13.1 Å². The van der Waals surface area contributed by atoms with Gasteiger partial charge in [0, 0.05) is 18.2 Å². The topological polar surface area (TPSA) is 87.3 Å². The molecule has 0 saturated carbocycles. The molecule has 33 heavy (non-hydrogen) atoms. The van der Waals surface area contributed by atoms with E-state index in [1.54, 1.807) is 13.0 Å². The molecule has 2 aromatic carbocycles. The highest BCUT2D eigenvalue weighted by Gasteiger charge is 2.66. The number of epoxide rings is 1. The number of sulfonamides is 1. The SMILES string of the molecule is [C-]#[N+]c1cc(C(F)(F)F)ccc1S(=O)(=O)N1C[C@H](Oc2ccc(C#N)c(F)c2)[C@]2(C1)O[C@H]2C. The van der Waals surface area contributed by atoms with Crippen molar-refractivity contribution in [1.29, 1.82) is 5.26 Å². The summed E-state index contributed by atoms with van der Waals surface area (Å²) in [5.74, 6) is -0.739. The number of ether oxygens (including phenoxy) is 2. The first-order valence-electron chi connectivity index (χ1n) is 9.55. The standard InChI is InChI=1S/C21H15F4N3O4S/c1-12-20(32-12)11-28(10-19(20)31-15-5-3-13(9-26)16(22)8-15)33(29,30)18-6-4-14(21(23,24)25)7-17(18)27-2/h3-8,12,19H,10-11H2,1H3/t12-,19-,20+/m0/s1. The van der Waals surface area contributed by atoms with Crippen LogP contribution in [0.4, 0.5) is 23.2 Å². The molecule has 172 valence electrons. The Morgan fingerprint density at radius 2 is 2.00 bits per heavy atom. The van der Waals surface area contributed by atoms with Gasteiger partial charge in [0.05, 0.1) is 29.7 Å². The molecule has 2 heterocycles. The van der Waals surface area contributed by atoms with Gasteiger partial charge in [0.25, 0.3) is 0 Å². The summed E-state index contributed by atoms with van der Waals surface area (Å²) in [5.41, 5.74) is -2.99. The normalized spacial score (nSPS) is 24.9. The molecule has 2 aromatic rings. The fourth-order valence-electron chi connectivity index (χ4n) is 3.86. The summed E-state index contributed by atoms with van der Waals surface area (Å²) in [6.07, 6.45) is -5.97. The molecule has 1 spiro atoms. The third kappa shape index (κ3) is 3.91. The van der Waals surface area contributed by atoms with Crippen LogP contribution in [0, 0.1) is 23.7 Å². The van der Waals surface area contributed by atoms with Gasteiger partial charge in [0.2, 0.25) is 15.7 Å². The van der Waals surface area contributed by atoms with Gasteiger partial charge in [-0.2, -0.15) is 22.7 Å². The molecule has 2 saturated heterocycles. The molecular formula is C21H15F4N3O4S. The maximum Gasteiger partial charge on any atom is 0.415 e. The van der Waals surface area contributed by atoms with Crippen molar-refractivity contribution in [1.82, 2.24) is 4.31 Å². The number of benzene rings is 2. The van der Waals surface area contributed by atoms with E-state index < -0.39 is 49.9 Å². The Kier molecular flexibility index (Phi) is 5.36. The Morgan fingerprint density at radius 3 is 2.55 bits per heavy atom. The van der Waals surface area contributed by atoms with Gasteiger partial charge in [-0.15, -0.1) is 0 Å². The van der Waals surface area contributed by atoms with Crippen LogP contribution >= 0.6 is 0 Å². The molecule has 0 aliphatic carbocycles. The maximum absolute atomic E-state index is 13.9. The molecule has 2 aliphatic rings. The lowest BCUT2D eigenvalue weighted by atomic mass is 10.0. The van der Waals surface area contributed by atoms with E-state index in [1.807, 2.05) is 0 Å². The summed E-state index contributed by atoms with van der Waals surface area (Å²) in [7, 11) is -4.37. The van der Waals surface area contributed by atoms with E-state index in [2.05, 4.69) is 4.85 Å². The van der Waals surface area contributed by atoms with Crippen molar-refractivity contribution >= 4 is 15.7 Å². The second-order valence-electron chi connectivity index (χ2n) is 7.66. The third-order valence-electron chi connectivity index (χ3n) is 5.73. The molecule has 3 atom stereocenters. The minimum Gasteiger partial charge on any atom is -0.486 e. The summed E-state index contributed by atoms with van der Waals surface area (Å²) in [5, 5.41) is 8.85. The van der Waals surface area contributed by atoms with Crippen molar-refractivity contribution in [3.05, 3.63) is 64.8 Å². The average molecular weight is 481 g/mol. The average Bonchev–Trinajstić information content (AvgIpc) is 3.25. The van der Waals surface area contributed by atoms with Gasteiger partial charge in [0.15, 0.2) is 0 Å². The first-order valence-corrected chi connectivity index (χ1v) is 11.0. The number of nitrogens with zero attached hydrogens (tertiary/aromatic N) is 3. The molecule has 2 fully saturated rings. The highest BCUT2D eigenvalue weighted by Crippen LogP contribution is 2.48. The lowest BCUT2D eigenvalue weighted by Crippen LogP contribution is -2.35. The summed E-state index contributed by atoms with van der Waals surface area (Å²) >= 11 is 0. The molecule has 7 nitrogen and oxygen atoms in total. The van der Waals surface area contributed by atoms with Crippen molar-refractivity contribution in [2.45, 2.75) is 35.8 Å². The van der Waals surface area contributed by atoms with Crippen LogP contribution in [0.5, 0.6) is 5.75 Å². The summed E-state index contributed by atoms with van der Waals surface area (Å²) < 4.78 is 91.7. The fraction of sp³-hybridized carbons (Fsp3) is 0.333. The predicted molar refractivity (Wildman–Crippen MR) is 105 cm³/mol. The van der Waals surface area contributed by atoms with Crippen LogP contribution in [-0.4, -0.2) is 43.6 Å². The van der Waals surface area contributed by atoms with Crippen LogP contribution in [0.3, 0.4) is 0 Å². The fourth-order valence-corrected chi connectivity index (χ4v) is 5.45. The molecule has 0 aromatic heterocycles. The summed E-state index contributed by atoms with van der Waals surface area (Å²) in [6.45, 7) is 8.49. The molecule has 0 unspecified atom stereocenters. The minimum absolute atomic E-state index is 0.0641. The zero-order valence-electron chi connectivity index (χ0n) is 16.9. The number of rotatable bonds is 4. The van der Waals surface area contributed by atoms with Crippen molar-refractivity contribution in [2.24, 2.45) is 0 Å². The number of hydrogen-bond acceptors (Lipinski definition) is 5. The highest BCUT2D eigenvalue weighted by atomic mass is 32.2. The smallest absolute Gasteiger partial charge is 0.415 e. The second kappa shape index (κ2) is 7.70. The number of nitriles is 1. The van der Waals surface area contributed by atoms with Crippen LogP contribution in [0.25, 0.3) is 4.85 Å². The molecule has 2 aliphatic heterocycles. The third-order valence-corrected chi connectivity index (χ3v) is 7.59. The lowest BCUT2D eigenvalue weighted by Gasteiger charge is -2.19. The Labute approximate surface area is 186 Å². The van der Waals surface area contributed by atoms with E-state index in [1.165, 1.54) is 12.1 Å². The van der Waals surface area contributed by atoms with Crippen LogP contribution < -0.4 is 4.74 Å². The van der Waals surface area contributed by atoms with Crippen LogP contribution in [-0.2, 0) is 20.9 Å².